The Morgan fingerprint density at radius 2 is 1.58 bits per heavy atom. The highest BCUT2D eigenvalue weighted by molar-refractivity contribution is 6.19. The highest BCUT2D eigenvalue weighted by atomic mass is 16.6. The van der Waals surface area contributed by atoms with Gasteiger partial charge in [0.05, 0.1) is 11.0 Å². The van der Waals surface area contributed by atoms with Crippen LogP contribution in [0.5, 0.6) is 17.2 Å². The molecule has 4 bridgehead atoms. The summed E-state index contributed by atoms with van der Waals surface area (Å²) in [5.74, 6) is -1.09. The molecule has 1 saturated carbocycles. The van der Waals surface area contributed by atoms with Gasteiger partial charge in [0.15, 0.2) is 22.8 Å². The molecule has 6 nitrogen and oxygen atoms in total. The van der Waals surface area contributed by atoms with Crippen LogP contribution >= 0.6 is 0 Å². The Kier molecular flexibility index (Phi) is 7.70. The van der Waals surface area contributed by atoms with Crippen molar-refractivity contribution in [1.29, 1.82) is 0 Å². The summed E-state index contributed by atoms with van der Waals surface area (Å²) in [5, 5.41) is 22.0. The van der Waals surface area contributed by atoms with Gasteiger partial charge in [0.2, 0.25) is 0 Å². The van der Waals surface area contributed by atoms with Gasteiger partial charge < -0.3 is 19.7 Å². The van der Waals surface area contributed by atoms with Crippen molar-refractivity contribution < 1.29 is 29.3 Å². The number of benzene rings is 1. The molecule has 2 fully saturated rings. The van der Waals surface area contributed by atoms with Crippen LogP contribution < -0.4 is 4.74 Å². The maximum absolute atomic E-state index is 15.0. The molecule has 1 aromatic rings. The molecule has 0 amide bonds. The first kappa shape index (κ1) is 31.1. The number of allylic oxidation sites excluding steroid dienone is 8. The van der Waals surface area contributed by atoms with Crippen molar-refractivity contribution in [1.82, 2.24) is 0 Å². The maximum Gasteiger partial charge on any atom is 0.200 e. The van der Waals surface area contributed by atoms with E-state index in [0.29, 0.717) is 30.4 Å². The van der Waals surface area contributed by atoms with Crippen LogP contribution in [-0.2, 0) is 16.0 Å². The van der Waals surface area contributed by atoms with Gasteiger partial charge in [-0.05, 0) is 87.5 Å². The number of Topliss-reactive ketones (excluding diaryl/α,β-unsaturated/α-hetero) is 2. The van der Waals surface area contributed by atoms with Crippen molar-refractivity contribution in [2.75, 3.05) is 0 Å². The molecule has 0 aromatic heterocycles. The minimum atomic E-state index is -1.45. The van der Waals surface area contributed by atoms with E-state index < -0.39 is 22.2 Å². The third-order valence-electron chi connectivity index (χ3n) is 9.70. The number of carbonyl (C=O) groups is 2. The van der Waals surface area contributed by atoms with E-state index in [1.54, 1.807) is 0 Å². The second-order valence-electron chi connectivity index (χ2n) is 14.1. The molecule has 2 N–H and O–H groups in total. The lowest BCUT2D eigenvalue weighted by Gasteiger charge is -2.59. The summed E-state index contributed by atoms with van der Waals surface area (Å²) in [6.07, 6.45) is 15.5. The van der Waals surface area contributed by atoms with E-state index in [-0.39, 0.29) is 46.7 Å². The number of unbranched alkanes of at least 4 members (excludes halogenated alkanes) is 1. The molecular weight excluding hydrogens is 540 g/mol. The van der Waals surface area contributed by atoms with Crippen molar-refractivity contribution in [2.24, 2.45) is 11.3 Å². The van der Waals surface area contributed by atoms with Crippen molar-refractivity contribution in [2.45, 2.75) is 111 Å². The van der Waals surface area contributed by atoms with Gasteiger partial charge in [-0.3, -0.25) is 9.59 Å². The summed E-state index contributed by atoms with van der Waals surface area (Å²) in [5.41, 5.74) is -0.373. The first-order valence-corrected chi connectivity index (χ1v) is 15.5. The first-order chi connectivity index (χ1) is 20.1. The molecule has 4 atom stereocenters. The van der Waals surface area contributed by atoms with E-state index in [1.807, 2.05) is 59.8 Å². The summed E-state index contributed by atoms with van der Waals surface area (Å²) in [7, 11) is 0. The van der Waals surface area contributed by atoms with Crippen molar-refractivity contribution in [3.63, 3.8) is 0 Å². The second-order valence-corrected chi connectivity index (χ2v) is 14.1. The number of rotatable bonds is 9. The molecule has 43 heavy (non-hydrogen) atoms. The number of aromatic hydroxyl groups is 2. The van der Waals surface area contributed by atoms with E-state index in [1.165, 1.54) is 11.6 Å². The predicted molar refractivity (Wildman–Crippen MR) is 169 cm³/mol. The Morgan fingerprint density at radius 3 is 2.23 bits per heavy atom. The third-order valence-corrected chi connectivity index (χ3v) is 9.70. The number of ketones is 2. The van der Waals surface area contributed by atoms with Crippen molar-refractivity contribution in [3.05, 3.63) is 75.9 Å². The molecule has 1 aromatic carbocycles. The molecule has 3 aliphatic carbocycles. The highest BCUT2D eigenvalue weighted by Gasteiger charge is 2.83. The fourth-order valence-corrected chi connectivity index (χ4v) is 7.74. The van der Waals surface area contributed by atoms with Gasteiger partial charge in [-0.25, -0.2) is 0 Å². The van der Waals surface area contributed by atoms with Gasteiger partial charge in [-0.2, -0.15) is 0 Å². The molecule has 2 heterocycles. The second kappa shape index (κ2) is 10.7. The third kappa shape index (κ3) is 4.64. The molecule has 1 saturated heterocycles. The van der Waals surface area contributed by atoms with Crippen LogP contribution in [0.1, 0.15) is 103 Å². The molecule has 230 valence electrons. The van der Waals surface area contributed by atoms with E-state index in [0.717, 1.165) is 24.0 Å². The number of hydrogen-bond acceptors (Lipinski definition) is 6. The maximum atomic E-state index is 15.0. The standard InChI is InChI=1S/C37H46O6/c1-22(2)13-11-9-10-12-17-35-20-26-31(40)30-28(39)19-27(38)25(15-14-23(3)4)32(30)42-37(26)29(21-35)34(7,8)43-36(37,33(35)41)18-16-24(5)6/h10,12-14,16,19-20,29,38-39H,9,11,15,17-18,21H2,1-8H3/b12-10+/t29?,35-,36+,37-/m1/s1. The molecule has 6 heteroatoms. The van der Waals surface area contributed by atoms with Crippen LogP contribution in [0.15, 0.2) is 64.8 Å². The Bertz CT molecular complexity index is 1520. The average molecular weight is 587 g/mol. The zero-order valence-electron chi connectivity index (χ0n) is 26.9. The minimum absolute atomic E-state index is 0.0359. The Hall–Kier alpha value is -3.38. The molecular formula is C37H46O6. The van der Waals surface area contributed by atoms with Gasteiger partial charge in [-0.15, -0.1) is 0 Å². The van der Waals surface area contributed by atoms with E-state index in [9.17, 15) is 19.8 Å². The quantitative estimate of drug-likeness (QED) is 0.225. The Balaban J connectivity index is 1.74. The SMILES string of the molecule is CC(C)=CCC/C=C/C[C@@]12C=C3C(=O)c4c(O)cc(O)c(CC=C(C)C)c4O[C@@]34C(C1)C(C)(C)O[C@@]4(CC=C(C)C)C2=O. The lowest BCUT2D eigenvalue weighted by Crippen LogP contribution is -2.74. The Morgan fingerprint density at radius 1 is 0.907 bits per heavy atom. The van der Waals surface area contributed by atoms with Crippen molar-refractivity contribution in [3.8, 4) is 17.2 Å². The van der Waals surface area contributed by atoms with Gasteiger partial charge in [0.1, 0.15) is 22.8 Å². The lowest BCUT2D eigenvalue weighted by atomic mass is 9.45. The number of phenolic OH excluding ortho intramolecular Hbond substituents is 2. The zero-order valence-corrected chi connectivity index (χ0v) is 26.9. The normalized spacial score (nSPS) is 29.5. The van der Waals surface area contributed by atoms with E-state index >= 15 is 0 Å². The van der Waals surface area contributed by atoms with Crippen LogP contribution in [0, 0.1) is 11.3 Å². The number of fused-ring (bicyclic) bond motifs is 1. The summed E-state index contributed by atoms with van der Waals surface area (Å²) < 4.78 is 13.9. The molecule has 0 radical (unpaired) electrons. The summed E-state index contributed by atoms with van der Waals surface area (Å²) >= 11 is 0. The minimum Gasteiger partial charge on any atom is -0.507 e. The van der Waals surface area contributed by atoms with Gasteiger partial charge in [0, 0.05) is 29.5 Å². The average Bonchev–Trinajstić information content (AvgIpc) is 3.06. The van der Waals surface area contributed by atoms with Crippen LogP contribution in [0.25, 0.3) is 0 Å². The van der Waals surface area contributed by atoms with E-state index in [4.69, 9.17) is 9.47 Å². The first-order valence-electron chi connectivity index (χ1n) is 15.5. The molecule has 1 unspecified atom stereocenters. The molecule has 6 rings (SSSR count). The monoisotopic (exact) mass is 586 g/mol. The highest BCUT2D eigenvalue weighted by Crippen LogP contribution is 2.71. The zero-order chi connectivity index (χ0) is 31.5. The van der Waals surface area contributed by atoms with Crippen molar-refractivity contribution >= 4 is 11.6 Å². The number of phenols is 2. The van der Waals surface area contributed by atoms with E-state index in [2.05, 4.69) is 32.1 Å². The van der Waals surface area contributed by atoms with Crippen LogP contribution in [-0.4, -0.2) is 38.6 Å². The summed E-state index contributed by atoms with van der Waals surface area (Å²) in [4.78, 5) is 29.5. The van der Waals surface area contributed by atoms with Gasteiger partial charge in [-0.1, -0.05) is 53.2 Å². The van der Waals surface area contributed by atoms with Crippen LogP contribution in [0.4, 0.5) is 0 Å². The smallest absolute Gasteiger partial charge is 0.200 e. The predicted octanol–water partition coefficient (Wildman–Crippen LogP) is 8.03. The number of carbonyl (C=O) groups excluding carboxylic acids is 2. The molecule has 5 aliphatic rings. The van der Waals surface area contributed by atoms with Crippen LogP contribution in [0.3, 0.4) is 0 Å². The summed E-state index contributed by atoms with van der Waals surface area (Å²) in [6.45, 7) is 16.0. The summed E-state index contributed by atoms with van der Waals surface area (Å²) in [6, 6.07) is 1.22. The topological polar surface area (TPSA) is 93.1 Å². The fraction of sp³-hybridized carbons (Fsp3) is 0.514. The number of ether oxygens (including phenoxy) is 2. The number of hydrogen-bond donors (Lipinski definition) is 2. The molecule has 1 spiro atoms. The van der Waals surface area contributed by atoms with Crippen LogP contribution in [0.2, 0.25) is 0 Å². The lowest BCUT2D eigenvalue weighted by molar-refractivity contribution is -0.178. The van der Waals surface area contributed by atoms with Gasteiger partial charge >= 0.3 is 0 Å². The largest absolute Gasteiger partial charge is 0.507 e. The van der Waals surface area contributed by atoms with Gasteiger partial charge in [0.25, 0.3) is 0 Å². The fourth-order valence-electron chi connectivity index (χ4n) is 7.74. The molecule has 2 aliphatic heterocycles. The Labute approximate surface area is 255 Å².